The Hall–Kier alpha value is -1.86. The molecule has 1 amide bonds. The van der Waals surface area contributed by atoms with Crippen LogP contribution in [0.3, 0.4) is 0 Å². The van der Waals surface area contributed by atoms with Gasteiger partial charge in [0.15, 0.2) is 0 Å². The number of unbranched alkanes of at least 4 members (excludes halogenated alkanes) is 2. The van der Waals surface area contributed by atoms with Gasteiger partial charge in [-0.25, -0.2) is 0 Å². The van der Waals surface area contributed by atoms with Gasteiger partial charge in [-0.1, -0.05) is 6.07 Å². The molecule has 0 saturated heterocycles. The Morgan fingerprint density at radius 2 is 2.26 bits per heavy atom. The first-order valence-electron chi connectivity index (χ1n) is 6.79. The number of carbonyl (C=O) groups excluding carboxylic acids is 1. The van der Waals surface area contributed by atoms with Gasteiger partial charge in [-0.15, -0.1) is 0 Å². The van der Waals surface area contributed by atoms with Crippen LogP contribution >= 0.6 is 0 Å². The summed E-state index contributed by atoms with van der Waals surface area (Å²) in [6, 6.07) is 8.03. The number of fused-ring (bicyclic) bond motifs is 1. The molecular weight excluding hydrogens is 238 g/mol. The molecule has 0 unspecified atom stereocenters. The van der Waals surface area contributed by atoms with Crippen LogP contribution in [0.1, 0.15) is 40.7 Å². The summed E-state index contributed by atoms with van der Waals surface area (Å²) in [4.78, 5) is 12.0. The van der Waals surface area contributed by atoms with Crippen molar-refractivity contribution in [3.63, 3.8) is 0 Å². The van der Waals surface area contributed by atoms with Gasteiger partial charge in [-0.05, 0) is 49.1 Å². The number of hydrogen-bond donors (Lipinski definition) is 2. The highest BCUT2D eigenvalue weighted by atomic mass is 16.1. The molecule has 2 N–H and O–H groups in total. The Bertz CT molecular complexity index is 491. The van der Waals surface area contributed by atoms with E-state index >= 15 is 0 Å². The van der Waals surface area contributed by atoms with E-state index in [2.05, 4.69) is 22.8 Å². The Kier molecular flexibility index (Phi) is 4.93. The Morgan fingerprint density at radius 3 is 3.11 bits per heavy atom. The molecule has 1 aliphatic rings. The average molecular weight is 257 g/mol. The number of amides is 1. The molecule has 0 saturated carbocycles. The molecule has 4 nitrogen and oxygen atoms in total. The van der Waals surface area contributed by atoms with Crippen LogP contribution in [0.4, 0.5) is 0 Å². The van der Waals surface area contributed by atoms with Crippen LogP contribution in [-0.4, -0.2) is 19.0 Å². The average Bonchev–Trinajstić information content (AvgIpc) is 2.46. The molecule has 1 aromatic rings. The minimum atomic E-state index is -0.0228. The van der Waals surface area contributed by atoms with Gasteiger partial charge in [-0.2, -0.15) is 5.26 Å². The summed E-state index contributed by atoms with van der Waals surface area (Å²) >= 11 is 0. The fraction of sp³-hybridized carbons (Fsp3) is 0.467. The fourth-order valence-electron chi connectivity index (χ4n) is 2.25. The SMILES string of the molecule is N#CCCCCNC(=O)c1ccc2c(c1)CNCC2. The summed E-state index contributed by atoms with van der Waals surface area (Å²) in [5, 5.41) is 14.6. The van der Waals surface area contributed by atoms with E-state index in [9.17, 15) is 4.79 Å². The monoisotopic (exact) mass is 257 g/mol. The lowest BCUT2D eigenvalue weighted by Gasteiger charge is -2.17. The second-order valence-corrected chi connectivity index (χ2v) is 4.78. The minimum Gasteiger partial charge on any atom is -0.352 e. The minimum absolute atomic E-state index is 0.0228. The van der Waals surface area contributed by atoms with Gasteiger partial charge in [0.2, 0.25) is 0 Å². The Morgan fingerprint density at radius 1 is 1.37 bits per heavy atom. The van der Waals surface area contributed by atoms with E-state index in [0.717, 1.165) is 37.9 Å². The summed E-state index contributed by atoms with van der Waals surface area (Å²) in [6.45, 7) is 2.49. The molecule has 0 aliphatic carbocycles. The van der Waals surface area contributed by atoms with Crippen molar-refractivity contribution in [2.24, 2.45) is 0 Å². The highest BCUT2D eigenvalue weighted by Crippen LogP contribution is 2.15. The quantitative estimate of drug-likeness (QED) is 0.790. The van der Waals surface area contributed by atoms with Gasteiger partial charge in [0.1, 0.15) is 0 Å². The van der Waals surface area contributed by atoms with E-state index in [-0.39, 0.29) is 5.91 Å². The lowest BCUT2D eigenvalue weighted by atomic mass is 9.98. The maximum absolute atomic E-state index is 12.0. The van der Waals surface area contributed by atoms with Crippen molar-refractivity contribution >= 4 is 5.91 Å². The third-order valence-electron chi connectivity index (χ3n) is 3.36. The molecule has 0 spiro atoms. The van der Waals surface area contributed by atoms with Crippen molar-refractivity contribution in [1.29, 1.82) is 5.26 Å². The number of benzene rings is 1. The van der Waals surface area contributed by atoms with Gasteiger partial charge in [0.25, 0.3) is 5.91 Å². The first kappa shape index (κ1) is 13.6. The van der Waals surface area contributed by atoms with E-state index in [4.69, 9.17) is 5.26 Å². The molecule has 0 atom stereocenters. The predicted molar refractivity (Wildman–Crippen MR) is 73.6 cm³/mol. The van der Waals surface area contributed by atoms with Crippen LogP contribution in [0.2, 0.25) is 0 Å². The maximum Gasteiger partial charge on any atom is 0.251 e. The summed E-state index contributed by atoms with van der Waals surface area (Å²) in [5.41, 5.74) is 3.29. The number of nitrogens with one attached hydrogen (secondary N) is 2. The van der Waals surface area contributed by atoms with Crippen LogP contribution in [0.5, 0.6) is 0 Å². The molecular formula is C15H19N3O. The number of hydrogen-bond acceptors (Lipinski definition) is 3. The predicted octanol–water partition coefficient (Wildman–Crippen LogP) is 1.76. The first-order chi connectivity index (χ1) is 9.31. The summed E-state index contributed by atoms with van der Waals surface area (Å²) in [7, 11) is 0. The molecule has 4 heteroatoms. The molecule has 0 aromatic heterocycles. The summed E-state index contributed by atoms with van der Waals surface area (Å²) < 4.78 is 0. The third kappa shape index (κ3) is 3.80. The molecule has 0 radical (unpaired) electrons. The summed E-state index contributed by atoms with van der Waals surface area (Å²) in [5.74, 6) is -0.0228. The Labute approximate surface area is 113 Å². The standard InChI is InChI=1S/C15H19N3O/c16-7-2-1-3-8-18-15(19)13-5-4-12-6-9-17-11-14(12)10-13/h4-5,10,17H,1-3,6,8-9,11H2,(H,18,19). The number of carbonyl (C=O) groups is 1. The highest BCUT2D eigenvalue weighted by molar-refractivity contribution is 5.94. The molecule has 0 bridgehead atoms. The molecule has 1 aliphatic heterocycles. The fourth-order valence-corrected chi connectivity index (χ4v) is 2.25. The van der Waals surface area contributed by atoms with Crippen molar-refractivity contribution in [3.8, 4) is 6.07 Å². The molecule has 1 aromatic carbocycles. The highest BCUT2D eigenvalue weighted by Gasteiger charge is 2.11. The second kappa shape index (κ2) is 6.91. The van der Waals surface area contributed by atoms with E-state index in [0.29, 0.717) is 13.0 Å². The summed E-state index contributed by atoms with van der Waals surface area (Å²) in [6.07, 6.45) is 3.28. The van der Waals surface area contributed by atoms with Crippen molar-refractivity contribution < 1.29 is 4.79 Å². The zero-order chi connectivity index (χ0) is 13.5. The smallest absolute Gasteiger partial charge is 0.251 e. The van der Waals surface area contributed by atoms with Crippen LogP contribution in [0, 0.1) is 11.3 Å². The van der Waals surface area contributed by atoms with Gasteiger partial charge < -0.3 is 10.6 Å². The maximum atomic E-state index is 12.0. The lowest BCUT2D eigenvalue weighted by molar-refractivity contribution is 0.0953. The van der Waals surface area contributed by atoms with Crippen molar-refractivity contribution in [1.82, 2.24) is 10.6 Å². The molecule has 19 heavy (non-hydrogen) atoms. The van der Waals surface area contributed by atoms with E-state index in [1.54, 1.807) is 0 Å². The number of rotatable bonds is 5. The zero-order valence-corrected chi connectivity index (χ0v) is 11.0. The number of nitrogens with zero attached hydrogens (tertiary/aromatic N) is 1. The third-order valence-corrected chi connectivity index (χ3v) is 3.36. The van der Waals surface area contributed by atoms with Gasteiger partial charge in [0.05, 0.1) is 6.07 Å². The van der Waals surface area contributed by atoms with E-state index in [1.165, 1.54) is 11.1 Å². The van der Waals surface area contributed by atoms with Gasteiger partial charge in [0, 0.05) is 25.1 Å². The molecule has 0 fully saturated rings. The largest absolute Gasteiger partial charge is 0.352 e. The van der Waals surface area contributed by atoms with E-state index in [1.807, 2.05) is 12.1 Å². The first-order valence-corrected chi connectivity index (χ1v) is 6.79. The van der Waals surface area contributed by atoms with Crippen LogP contribution in [-0.2, 0) is 13.0 Å². The normalized spacial score (nSPS) is 13.4. The van der Waals surface area contributed by atoms with Crippen LogP contribution in [0.25, 0.3) is 0 Å². The molecule has 100 valence electrons. The van der Waals surface area contributed by atoms with Crippen molar-refractivity contribution in [3.05, 3.63) is 34.9 Å². The Balaban J connectivity index is 1.87. The van der Waals surface area contributed by atoms with Gasteiger partial charge >= 0.3 is 0 Å². The molecule has 2 rings (SSSR count). The molecule has 1 heterocycles. The zero-order valence-electron chi connectivity index (χ0n) is 11.0. The van der Waals surface area contributed by atoms with Gasteiger partial charge in [-0.3, -0.25) is 4.79 Å². The van der Waals surface area contributed by atoms with Crippen LogP contribution in [0.15, 0.2) is 18.2 Å². The van der Waals surface area contributed by atoms with Crippen molar-refractivity contribution in [2.75, 3.05) is 13.1 Å². The van der Waals surface area contributed by atoms with Crippen LogP contribution < -0.4 is 10.6 Å². The van der Waals surface area contributed by atoms with E-state index < -0.39 is 0 Å². The lowest BCUT2D eigenvalue weighted by Crippen LogP contribution is -2.27. The number of nitriles is 1. The van der Waals surface area contributed by atoms with Crippen molar-refractivity contribution in [2.45, 2.75) is 32.2 Å². The second-order valence-electron chi connectivity index (χ2n) is 4.78. The topological polar surface area (TPSA) is 64.9 Å².